The summed E-state index contributed by atoms with van der Waals surface area (Å²) >= 11 is 0. The van der Waals surface area contributed by atoms with Crippen LogP contribution in [0.5, 0.6) is 0 Å². The van der Waals surface area contributed by atoms with Crippen LogP contribution >= 0.6 is 0 Å². The summed E-state index contributed by atoms with van der Waals surface area (Å²) in [5.41, 5.74) is 0. The molecule has 0 aromatic carbocycles. The predicted octanol–water partition coefficient (Wildman–Crippen LogP) is -2.01. The summed E-state index contributed by atoms with van der Waals surface area (Å²) in [6.07, 6.45) is 0. The van der Waals surface area contributed by atoms with Crippen molar-refractivity contribution < 1.29 is 9.90 Å². The van der Waals surface area contributed by atoms with Crippen LogP contribution in [0.1, 0.15) is 0 Å². The Morgan fingerprint density at radius 2 is 1.75 bits per heavy atom. The molecule has 0 aliphatic heterocycles. The fourth-order valence-corrected chi connectivity index (χ4v) is 0. The van der Waals surface area contributed by atoms with Gasteiger partial charge in [0.15, 0.2) is 0 Å². The third-order valence-corrected chi connectivity index (χ3v) is 0. The van der Waals surface area contributed by atoms with Crippen LogP contribution in [0, 0.1) is 0 Å². The Balaban J connectivity index is 0. The average molecular weight is 252 g/mol. The van der Waals surface area contributed by atoms with E-state index in [0.717, 1.165) is 0 Å². The molecule has 0 rings (SSSR count). The van der Waals surface area contributed by atoms with Crippen molar-refractivity contribution in [3.05, 3.63) is 0 Å². The van der Waals surface area contributed by atoms with Gasteiger partial charge in [-0.3, -0.25) is 0 Å². The second kappa shape index (κ2) is 10.0. The Bertz CT molecular complexity index is 13.5. The monoisotopic (exact) mass is 253 g/mol. The summed E-state index contributed by atoms with van der Waals surface area (Å²) < 4.78 is 0. The van der Waals surface area contributed by atoms with Crippen LogP contribution in [0.15, 0.2) is 0 Å². The molecule has 0 spiro atoms. The molecule has 0 bridgehead atoms. The van der Waals surface area contributed by atoms with Gasteiger partial charge in [0.05, 0.1) is 0 Å². The Morgan fingerprint density at radius 3 is 1.75 bits per heavy atom. The van der Waals surface area contributed by atoms with Crippen LogP contribution < -0.4 is 5.11 Å². The predicted molar refractivity (Wildman–Crippen MR) is 11.8 cm³/mol. The van der Waals surface area contributed by atoms with Crippen LogP contribution in [0.25, 0.3) is 0 Å². The van der Waals surface area contributed by atoms with E-state index in [-0.39, 0.29) is 27.3 Å². The first-order valence-corrected chi connectivity index (χ1v) is 0.471. The minimum atomic E-state index is -0.500. The van der Waals surface area contributed by atoms with E-state index >= 15 is 0 Å². The first-order valence-electron chi connectivity index (χ1n) is 0.471. The molecule has 0 N–H and O–H groups in total. The van der Waals surface area contributed by atoms with Crippen molar-refractivity contribution in [2.45, 2.75) is 0 Å². The summed E-state index contributed by atoms with van der Waals surface area (Å²) in [7, 11) is 0. The fourth-order valence-electron chi connectivity index (χ4n) is 0. The number of carbonyl (C=O) groups excluding carboxylic acids is 1. The van der Waals surface area contributed by atoms with Gasteiger partial charge in [0, 0.05) is 6.47 Å². The standard InChI is InChI=1S/CH2O2.Pb/c2-1-3;/h1H,(H,2,3);/q;+2/p-1. The molecule has 0 unspecified atom stereocenters. The summed E-state index contributed by atoms with van der Waals surface area (Å²) in [5.74, 6) is 0. The molecule has 0 aliphatic rings. The van der Waals surface area contributed by atoms with Gasteiger partial charge in [-0.1, -0.05) is 0 Å². The van der Waals surface area contributed by atoms with E-state index < -0.39 is 6.47 Å². The molecule has 20 valence electrons. The van der Waals surface area contributed by atoms with Crippen LogP contribution in [-0.4, -0.2) is 33.8 Å². The summed E-state index contributed by atoms with van der Waals surface area (Å²) in [5, 5.41) is 8.25. The largest absolute Gasteiger partial charge is 2.00 e. The Hall–Kier alpha value is 0.392. The van der Waals surface area contributed by atoms with Crippen molar-refractivity contribution in [2.24, 2.45) is 0 Å². The van der Waals surface area contributed by atoms with Gasteiger partial charge in [-0.15, -0.1) is 0 Å². The van der Waals surface area contributed by atoms with Crippen LogP contribution in [0.2, 0.25) is 0 Å². The van der Waals surface area contributed by atoms with Gasteiger partial charge in [0.1, 0.15) is 0 Å². The summed E-state index contributed by atoms with van der Waals surface area (Å²) in [4.78, 5) is 8.25. The Kier molecular flexibility index (Phi) is 22.1. The molecule has 0 saturated heterocycles. The van der Waals surface area contributed by atoms with Crippen molar-refractivity contribution in [1.82, 2.24) is 0 Å². The molecule has 0 amide bonds. The first kappa shape index (κ1) is 8.83. The summed E-state index contributed by atoms with van der Waals surface area (Å²) in [6, 6.07) is 0. The van der Waals surface area contributed by atoms with E-state index in [4.69, 9.17) is 9.90 Å². The van der Waals surface area contributed by atoms with Crippen molar-refractivity contribution in [3.63, 3.8) is 0 Å². The molecule has 0 aromatic heterocycles. The van der Waals surface area contributed by atoms with Gasteiger partial charge in [0.25, 0.3) is 0 Å². The van der Waals surface area contributed by atoms with Crippen LogP contribution in [0.3, 0.4) is 0 Å². The minimum absolute atomic E-state index is 0. The number of hydrogen-bond acceptors (Lipinski definition) is 2. The molecular formula is CHO2Pb+. The molecule has 3 heteroatoms. The third-order valence-electron chi connectivity index (χ3n) is 0. The van der Waals surface area contributed by atoms with Crippen molar-refractivity contribution in [3.8, 4) is 0 Å². The zero-order valence-corrected chi connectivity index (χ0v) is 5.78. The zero-order valence-electron chi connectivity index (χ0n) is 1.89. The van der Waals surface area contributed by atoms with Crippen LogP contribution in [0.4, 0.5) is 0 Å². The van der Waals surface area contributed by atoms with Gasteiger partial charge in [-0.05, 0) is 0 Å². The second-order valence-corrected chi connectivity index (χ2v) is 0.0962. The maximum atomic E-state index is 8.25. The molecule has 2 radical (unpaired) electrons. The van der Waals surface area contributed by atoms with Crippen molar-refractivity contribution >= 4 is 33.8 Å². The molecular weight excluding hydrogens is 251 g/mol. The zero-order chi connectivity index (χ0) is 2.71. The van der Waals surface area contributed by atoms with Crippen molar-refractivity contribution in [1.29, 1.82) is 0 Å². The Morgan fingerprint density at radius 1 is 1.75 bits per heavy atom. The van der Waals surface area contributed by atoms with E-state index in [9.17, 15) is 0 Å². The topological polar surface area (TPSA) is 40.1 Å². The summed E-state index contributed by atoms with van der Waals surface area (Å²) in [6.45, 7) is -0.500. The maximum Gasteiger partial charge on any atom is 2.00 e. The van der Waals surface area contributed by atoms with E-state index in [2.05, 4.69) is 0 Å². The third kappa shape index (κ3) is 30.2. The first-order chi connectivity index (χ1) is 1.41. The molecule has 4 heavy (non-hydrogen) atoms. The smallest absolute Gasteiger partial charge is 0.554 e. The normalized spacial score (nSPS) is 3.00. The molecule has 0 saturated carbocycles. The van der Waals surface area contributed by atoms with E-state index in [1.807, 2.05) is 0 Å². The SMILES string of the molecule is O=C[O-].[Pb+2]. The molecule has 2 nitrogen and oxygen atoms in total. The van der Waals surface area contributed by atoms with E-state index in [1.165, 1.54) is 0 Å². The van der Waals surface area contributed by atoms with Gasteiger partial charge in [-0.25, -0.2) is 0 Å². The number of hydrogen-bond donors (Lipinski definition) is 0. The van der Waals surface area contributed by atoms with E-state index in [0.29, 0.717) is 0 Å². The minimum Gasteiger partial charge on any atom is -0.554 e. The molecule has 0 fully saturated rings. The average Bonchev–Trinajstić information content (AvgIpc) is 0.918. The molecule has 0 atom stereocenters. The van der Waals surface area contributed by atoms with Gasteiger partial charge in [-0.2, -0.15) is 0 Å². The Labute approximate surface area is 44.0 Å². The number of rotatable bonds is 0. The van der Waals surface area contributed by atoms with Gasteiger partial charge < -0.3 is 9.90 Å². The molecule has 0 heterocycles. The van der Waals surface area contributed by atoms with Gasteiger partial charge >= 0.3 is 27.3 Å². The molecule has 0 aliphatic carbocycles. The van der Waals surface area contributed by atoms with Gasteiger partial charge in [0.2, 0.25) is 0 Å². The van der Waals surface area contributed by atoms with E-state index in [1.54, 1.807) is 0 Å². The quantitative estimate of drug-likeness (QED) is 0.369. The number of carboxylic acid groups (broad SMARTS) is 1. The maximum absolute atomic E-state index is 8.25. The second-order valence-electron chi connectivity index (χ2n) is 0.0962. The van der Waals surface area contributed by atoms with Crippen LogP contribution in [-0.2, 0) is 4.79 Å². The molecule has 0 aromatic rings. The number of carbonyl (C=O) groups is 1. The van der Waals surface area contributed by atoms with Crippen molar-refractivity contribution in [2.75, 3.05) is 0 Å². The fraction of sp³-hybridized carbons (Fsp3) is 0.